The van der Waals surface area contributed by atoms with E-state index in [4.69, 9.17) is 0 Å². The Labute approximate surface area is 95.0 Å². The van der Waals surface area contributed by atoms with E-state index in [1.54, 1.807) is 22.6 Å². The lowest BCUT2D eigenvalue weighted by molar-refractivity contribution is 0.111. The Hall–Kier alpha value is -0.110. The van der Waals surface area contributed by atoms with Gasteiger partial charge in [0.15, 0.2) is 6.29 Å². The highest BCUT2D eigenvalue weighted by atomic mass is 127. The van der Waals surface area contributed by atoms with Crippen molar-refractivity contribution in [1.82, 2.24) is 4.98 Å². The third-order valence-electron chi connectivity index (χ3n) is 1.36. The number of alkyl halides is 2. The fraction of sp³-hybridized carbons (Fsp3) is 0.143. The Kier molecular flexibility index (Phi) is 3.72. The monoisotopic (exact) mass is 361 g/mol. The van der Waals surface area contributed by atoms with Crippen LogP contribution < -0.4 is 0 Å². The van der Waals surface area contributed by atoms with Crippen LogP contribution in [0.5, 0.6) is 0 Å². The molecule has 0 aliphatic rings. The van der Waals surface area contributed by atoms with Gasteiger partial charge in [0.2, 0.25) is 0 Å². The van der Waals surface area contributed by atoms with Gasteiger partial charge in [-0.05, 0) is 38.5 Å². The van der Waals surface area contributed by atoms with Crippen LogP contribution in [0.2, 0.25) is 0 Å². The van der Waals surface area contributed by atoms with Gasteiger partial charge in [-0.25, -0.2) is 8.78 Å². The van der Waals surface area contributed by atoms with Crippen LogP contribution >= 0.6 is 38.5 Å². The van der Waals surface area contributed by atoms with Crippen molar-refractivity contribution in [2.45, 2.75) is 6.43 Å². The van der Waals surface area contributed by atoms with Gasteiger partial charge in [-0.3, -0.25) is 9.78 Å². The summed E-state index contributed by atoms with van der Waals surface area (Å²) < 4.78 is 25.2. The largest absolute Gasteiger partial charge is 0.296 e. The van der Waals surface area contributed by atoms with E-state index in [0.717, 1.165) is 6.20 Å². The first-order chi connectivity index (χ1) is 6.07. The Morgan fingerprint density at radius 3 is 2.69 bits per heavy atom. The zero-order valence-corrected chi connectivity index (χ0v) is 9.84. The number of pyridine rings is 1. The normalized spacial score (nSPS) is 10.5. The molecule has 0 bridgehead atoms. The van der Waals surface area contributed by atoms with Crippen molar-refractivity contribution in [2.24, 2.45) is 0 Å². The van der Waals surface area contributed by atoms with Crippen molar-refractivity contribution < 1.29 is 13.6 Å². The van der Waals surface area contributed by atoms with Gasteiger partial charge in [0, 0.05) is 10.7 Å². The maximum atomic E-state index is 12.3. The fourth-order valence-corrected chi connectivity index (χ4v) is 1.78. The second kappa shape index (κ2) is 4.41. The molecule has 0 saturated carbocycles. The molecule has 0 radical (unpaired) electrons. The molecule has 1 heterocycles. The molecule has 0 spiro atoms. The van der Waals surface area contributed by atoms with Crippen LogP contribution in [-0.2, 0) is 0 Å². The van der Waals surface area contributed by atoms with Crippen LogP contribution in [0, 0.1) is 3.57 Å². The molecule has 0 N–H and O–H groups in total. The van der Waals surface area contributed by atoms with Gasteiger partial charge in [0.05, 0.1) is 9.13 Å². The van der Waals surface area contributed by atoms with Crippen LogP contribution in [0.15, 0.2) is 10.7 Å². The van der Waals surface area contributed by atoms with E-state index in [1.165, 1.54) is 0 Å². The van der Waals surface area contributed by atoms with Gasteiger partial charge in [-0.15, -0.1) is 0 Å². The maximum absolute atomic E-state index is 12.3. The van der Waals surface area contributed by atoms with Crippen LogP contribution in [-0.4, -0.2) is 11.3 Å². The molecule has 2 nitrogen and oxygen atoms in total. The van der Waals surface area contributed by atoms with E-state index in [2.05, 4.69) is 20.9 Å². The number of nitrogens with zero attached hydrogens (tertiary/aromatic N) is 1. The lowest BCUT2D eigenvalue weighted by Gasteiger charge is -2.05. The number of carbonyl (C=O) groups is 1. The van der Waals surface area contributed by atoms with E-state index in [1.807, 2.05) is 0 Å². The summed E-state index contributed by atoms with van der Waals surface area (Å²) in [5.74, 6) is 0. The molecule has 6 heteroatoms. The number of carbonyl (C=O) groups excluding carboxylic acids is 1. The standard InChI is InChI=1S/C7H3BrF2INO/c8-5-3(7(9)10)1-12-4(2-13)6(5)11/h1-2,7H. The highest BCUT2D eigenvalue weighted by molar-refractivity contribution is 14.1. The van der Waals surface area contributed by atoms with Gasteiger partial charge in [-0.2, -0.15) is 0 Å². The molecular formula is C7H3BrF2INO. The first kappa shape index (κ1) is 11.0. The quantitative estimate of drug-likeness (QED) is 0.598. The number of aldehydes is 1. The summed E-state index contributed by atoms with van der Waals surface area (Å²) in [6.45, 7) is 0. The minimum absolute atomic E-state index is 0.164. The summed E-state index contributed by atoms with van der Waals surface area (Å²) >= 11 is 4.78. The van der Waals surface area contributed by atoms with Crippen molar-refractivity contribution in [1.29, 1.82) is 0 Å². The first-order valence-electron chi connectivity index (χ1n) is 3.15. The number of aromatic nitrogens is 1. The van der Waals surface area contributed by atoms with Crippen molar-refractivity contribution in [2.75, 3.05) is 0 Å². The topological polar surface area (TPSA) is 30.0 Å². The molecule has 0 fully saturated rings. The minimum Gasteiger partial charge on any atom is -0.296 e. The molecule has 1 rings (SSSR count). The average molecular weight is 362 g/mol. The molecule has 1 aromatic rings. The molecule has 70 valence electrons. The van der Waals surface area contributed by atoms with Crippen molar-refractivity contribution in [3.63, 3.8) is 0 Å². The summed E-state index contributed by atoms with van der Waals surface area (Å²) in [5, 5.41) is 0. The predicted molar refractivity (Wildman–Crippen MR) is 55.0 cm³/mol. The molecule has 0 saturated heterocycles. The highest BCUT2D eigenvalue weighted by Crippen LogP contribution is 2.31. The highest BCUT2D eigenvalue weighted by Gasteiger charge is 2.16. The molecule has 0 aliphatic carbocycles. The molecular weight excluding hydrogens is 359 g/mol. The molecule has 0 atom stereocenters. The van der Waals surface area contributed by atoms with Gasteiger partial charge in [0.1, 0.15) is 5.69 Å². The lowest BCUT2D eigenvalue weighted by atomic mass is 10.2. The van der Waals surface area contributed by atoms with E-state index < -0.39 is 6.43 Å². The van der Waals surface area contributed by atoms with Crippen LogP contribution in [0.3, 0.4) is 0 Å². The van der Waals surface area contributed by atoms with Crippen molar-refractivity contribution in [3.8, 4) is 0 Å². The predicted octanol–water partition coefficient (Wildman–Crippen LogP) is 3.20. The SMILES string of the molecule is O=Cc1ncc(C(F)F)c(Br)c1I. The van der Waals surface area contributed by atoms with Gasteiger partial charge >= 0.3 is 0 Å². The third kappa shape index (κ3) is 2.22. The zero-order valence-electron chi connectivity index (χ0n) is 6.10. The van der Waals surface area contributed by atoms with E-state index in [-0.39, 0.29) is 15.7 Å². The number of rotatable bonds is 2. The van der Waals surface area contributed by atoms with Crippen LogP contribution in [0.1, 0.15) is 22.5 Å². The summed E-state index contributed by atoms with van der Waals surface area (Å²) in [7, 11) is 0. The second-order valence-corrected chi connectivity index (χ2v) is 4.02. The number of halogens is 4. The first-order valence-corrected chi connectivity index (χ1v) is 5.02. The van der Waals surface area contributed by atoms with Gasteiger partial charge in [-0.1, -0.05) is 0 Å². The second-order valence-electron chi connectivity index (χ2n) is 2.15. The molecule has 0 aliphatic heterocycles. The lowest BCUT2D eigenvalue weighted by Crippen LogP contribution is -1.97. The molecule has 0 unspecified atom stereocenters. The van der Waals surface area contributed by atoms with E-state index >= 15 is 0 Å². The summed E-state index contributed by atoms with van der Waals surface area (Å²) in [6, 6.07) is 0. The Morgan fingerprint density at radius 2 is 2.23 bits per heavy atom. The van der Waals surface area contributed by atoms with Crippen LogP contribution in [0.25, 0.3) is 0 Å². The number of hydrogen-bond donors (Lipinski definition) is 0. The van der Waals surface area contributed by atoms with E-state index in [0.29, 0.717) is 9.86 Å². The molecule has 0 amide bonds. The van der Waals surface area contributed by atoms with Gasteiger partial charge in [0.25, 0.3) is 6.43 Å². The van der Waals surface area contributed by atoms with Crippen molar-refractivity contribution >= 4 is 44.8 Å². The van der Waals surface area contributed by atoms with E-state index in [9.17, 15) is 13.6 Å². The Balaban J connectivity index is 3.31. The molecule has 13 heavy (non-hydrogen) atoms. The van der Waals surface area contributed by atoms with Gasteiger partial charge < -0.3 is 0 Å². The average Bonchev–Trinajstić information content (AvgIpc) is 2.09. The zero-order chi connectivity index (χ0) is 10.0. The summed E-state index contributed by atoms with van der Waals surface area (Å²) in [5.41, 5.74) is -0.0353. The smallest absolute Gasteiger partial charge is 0.266 e. The Morgan fingerprint density at radius 1 is 1.62 bits per heavy atom. The van der Waals surface area contributed by atoms with Crippen LogP contribution in [0.4, 0.5) is 8.78 Å². The third-order valence-corrected chi connectivity index (χ3v) is 4.05. The summed E-state index contributed by atoms with van der Waals surface area (Å²) in [6.07, 6.45) is -1.06. The Bertz CT molecular complexity index is 346. The number of hydrogen-bond acceptors (Lipinski definition) is 2. The fourth-order valence-electron chi connectivity index (χ4n) is 0.726. The minimum atomic E-state index is -2.59. The van der Waals surface area contributed by atoms with Crippen molar-refractivity contribution in [3.05, 3.63) is 25.5 Å². The molecule has 1 aromatic heterocycles. The maximum Gasteiger partial charge on any atom is 0.266 e. The summed E-state index contributed by atoms with van der Waals surface area (Å²) in [4.78, 5) is 14.0. The molecule has 0 aromatic carbocycles.